The van der Waals surface area contributed by atoms with E-state index in [0.29, 0.717) is 36.3 Å². The van der Waals surface area contributed by atoms with Crippen molar-refractivity contribution < 1.29 is 33.4 Å². The molecule has 0 aromatic rings. The molecule has 1 aliphatic carbocycles. The maximum absolute atomic E-state index is 11.8. The van der Waals surface area contributed by atoms with Gasteiger partial charge in [0.05, 0.1) is 18.6 Å². The smallest absolute Gasteiger partial charge is 0.226 e. The van der Waals surface area contributed by atoms with E-state index < -0.39 is 0 Å². The van der Waals surface area contributed by atoms with E-state index in [9.17, 15) is 24.0 Å². The average molecular weight is 836 g/mol. The minimum absolute atomic E-state index is 0.0967. The monoisotopic (exact) mass is 836 g/mol. The predicted octanol–water partition coefficient (Wildman–Crippen LogP) is 14.1. The SMILES string of the molecule is CCCCCCCCC(C)=O.CCCCCCCCC(C)=O.CCCCCCCCC(C)=O.CCCCCCCCC(C)=O.O=C1NCCC12CCC1(CC2)OCCO1. The normalized spacial score (nSPS) is 15.7. The number of carbonyl (C=O) groups is 5. The molecule has 0 aromatic carbocycles. The molecule has 0 atom stereocenters. The van der Waals surface area contributed by atoms with Gasteiger partial charge in [-0.15, -0.1) is 0 Å². The molecular weight excluding hydrogens is 739 g/mol. The molecule has 0 bridgehead atoms. The van der Waals surface area contributed by atoms with Gasteiger partial charge in [-0.1, -0.05) is 156 Å². The van der Waals surface area contributed by atoms with Gasteiger partial charge in [-0.2, -0.15) is 0 Å². The summed E-state index contributed by atoms with van der Waals surface area (Å²) in [6.45, 7) is 17.8. The Morgan fingerprint density at radius 1 is 0.424 bits per heavy atom. The van der Waals surface area contributed by atoms with Crippen LogP contribution in [0.2, 0.25) is 0 Å². The number of hydrogen-bond acceptors (Lipinski definition) is 7. The van der Waals surface area contributed by atoms with Crippen molar-refractivity contribution in [2.75, 3.05) is 19.8 Å². The zero-order chi connectivity index (χ0) is 44.5. The third kappa shape index (κ3) is 37.6. The van der Waals surface area contributed by atoms with Crippen molar-refractivity contribution in [3.63, 3.8) is 0 Å². The molecule has 0 aromatic heterocycles. The average Bonchev–Trinajstić information content (AvgIpc) is 3.81. The second kappa shape index (κ2) is 41.4. The van der Waals surface area contributed by atoms with Gasteiger partial charge in [0.25, 0.3) is 0 Å². The summed E-state index contributed by atoms with van der Waals surface area (Å²) in [5.74, 6) is 1.24. The summed E-state index contributed by atoms with van der Waals surface area (Å²) in [6, 6.07) is 0. The van der Waals surface area contributed by atoms with E-state index in [4.69, 9.17) is 9.47 Å². The van der Waals surface area contributed by atoms with Crippen LogP contribution in [0.15, 0.2) is 0 Å². The van der Waals surface area contributed by atoms with Crippen LogP contribution in [-0.4, -0.2) is 54.6 Å². The van der Waals surface area contributed by atoms with Crippen molar-refractivity contribution in [3.8, 4) is 0 Å². The third-order valence-electron chi connectivity index (χ3n) is 11.7. The maximum Gasteiger partial charge on any atom is 0.226 e. The number of Topliss-reactive ketones (excluding diaryl/α,β-unsaturated/α-hetero) is 4. The number of hydrogen-bond donors (Lipinski definition) is 1. The topological polar surface area (TPSA) is 116 Å². The lowest BCUT2D eigenvalue weighted by atomic mass is 9.71. The number of ether oxygens (including phenoxy) is 2. The molecule has 348 valence electrons. The Bertz CT molecular complexity index is 921. The van der Waals surface area contributed by atoms with Crippen LogP contribution in [0.5, 0.6) is 0 Å². The van der Waals surface area contributed by atoms with Crippen molar-refractivity contribution >= 4 is 29.0 Å². The summed E-state index contributed by atoms with van der Waals surface area (Å²) < 4.78 is 11.3. The van der Waals surface area contributed by atoms with Crippen molar-refractivity contribution in [1.82, 2.24) is 5.32 Å². The highest BCUT2D eigenvalue weighted by molar-refractivity contribution is 5.84. The third-order valence-corrected chi connectivity index (χ3v) is 11.7. The van der Waals surface area contributed by atoms with E-state index in [1.807, 2.05) is 0 Å². The van der Waals surface area contributed by atoms with Gasteiger partial charge in [-0.25, -0.2) is 0 Å². The molecule has 1 saturated carbocycles. The molecule has 8 nitrogen and oxygen atoms in total. The second-order valence-electron chi connectivity index (χ2n) is 17.8. The Morgan fingerprint density at radius 3 is 0.932 bits per heavy atom. The van der Waals surface area contributed by atoms with E-state index in [0.717, 1.165) is 90.0 Å². The van der Waals surface area contributed by atoms with Crippen LogP contribution in [0.3, 0.4) is 0 Å². The highest BCUT2D eigenvalue weighted by atomic mass is 16.7. The minimum Gasteiger partial charge on any atom is -0.356 e. The fourth-order valence-electron chi connectivity index (χ4n) is 7.71. The summed E-state index contributed by atoms with van der Waals surface area (Å²) in [7, 11) is 0. The standard InChI is InChI=1S/C11H17NO3.4C10H20O/c13-9-10(5-6-12-9)1-3-11(4-2-10)14-7-8-15-11;4*1-3-4-5-6-7-8-9-10(2)11/h1-8H2,(H,12,13);4*3-9H2,1-2H3. The molecule has 8 heteroatoms. The molecule has 3 aliphatic rings. The van der Waals surface area contributed by atoms with Crippen LogP contribution in [0.4, 0.5) is 0 Å². The fourth-order valence-corrected chi connectivity index (χ4v) is 7.71. The summed E-state index contributed by atoms with van der Waals surface area (Å²) in [5, 5.41) is 2.94. The highest BCUT2D eigenvalue weighted by Gasteiger charge is 2.51. The lowest BCUT2D eigenvalue weighted by Crippen LogP contribution is -2.43. The van der Waals surface area contributed by atoms with Gasteiger partial charge in [0.1, 0.15) is 23.1 Å². The molecule has 1 amide bonds. The summed E-state index contributed by atoms with van der Waals surface area (Å²) >= 11 is 0. The lowest BCUT2D eigenvalue weighted by Gasteiger charge is -2.39. The van der Waals surface area contributed by atoms with E-state index >= 15 is 0 Å². The Hall–Kier alpha value is -1.93. The molecular formula is C51H97NO7. The van der Waals surface area contributed by atoms with Crippen LogP contribution in [0.25, 0.3) is 0 Å². The van der Waals surface area contributed by atoms with Gasteiger partial charge < -0.3 is 34.0 Å². The van der Waals surface area contributed by atoms with E-state index in [1.165, 1.54) is 128 Å². The van der Waals surface area contributed by atoms with E-state index in [-0.39, 0.29) is 17.1 Å². The number of unbranched alkanes of at least 4 members (excludes halogenated alkanes) is 20. The maximum atomic E-state index is 11.8. The number of ketones is 4. The Morgan fingerprint density at radius 2 is 0.695 bits per heavy atom. The fraction of sp³-hybridized carbons (Fsp3) is 0.902. The molecule has 2 spiro atoms. The Balaban J connectivity index is 0. The van der Waals surface area contributed by atoms with Crippen molar-refractivity contribution in [1.29, 1.82) is 0 Å². The molecule has 0 unspecified atom stereocenters. The summed E-state index contributed by atoms with van der Waals surface area (Å²) in [6.07, 6.45) is 38.2. The van der Waals surface area contributed by atoms with Gasteiger partial charge in [0.2, 0.25) is 5.91 Å². The van der Waals surface area contributed by atoms with Crippen molar-refractivity contribution in [2.45, 2.75) is 273 Å². The minimum atomic E-state index is -0.339. The largest absolute Gasteiger partial charge is 0.356 e. The quantitative estimate of drug-likeness (QED) is 0.0780. The highest BCUT2D eigenvalue weighted by Crippen LogP contribution is 2.48. The summed E-state index contributed by atoms with van der Waals surface area (Å²) in [5.41, 5.74) is -0.0967. The van der Waals surface area contributed by atoms with Crippen molar-refractivity contribution in [2.24, 2.45) is 5.41 Å². The number of rotatable bonds is 28. The van der Waals surface area contributed by atoms with E-state index in [2.05, 4.69) is 33.0 Å². The van der Waals surface area contributed by atoms with Crippen LogP contribution < -0.4 is 5.32 Å². The molecule has 0 radical (unpaired) electrons. The van der Waals surface area contributed by atoms with Crippen LogP contribution >= 0.6 is 0 Å². The first kappa shape index (κ1) is 59.2. The molecule has 2 saturated heterocycles. The first-order valence-electron chi connectivity index (χ1n) is 24.9. The van der Waals surface area contributed by atoms with Gasteiger partial charge >= 0.3 is 0 Å². The summed E-state index contributed by atoms with van der Waals surface area (Å²) in [4.78, 5) is 53.9. The van der Waals surface area contributed by atoms with Crippen molar-refractivity contribution in [3.05, 3.63) is 0 Å². The lowest BCUT2D eigenvalue weighted by molar-refractivity contribution is -0.191. The number of carbonyl (C=O) groups excluding carboxylic acids is 5. The molecule has 3 fully saturated rings. The van der Waals surface area contributed by atoms with Crippen LogP contribution in [0.1, 0.15) is 267 Å². The number of nitrogens with one attached hydrogen (secondary N) is 1. The predicted molar refractivity (Wildman–Crippen MR) is 248 cm³/mol. The zero-order valence-electron chi connectivity index (χ0n) is 40.3. The molecule has 2 aliphatic heterocycles. The first-order chi connectivity index (χ1) is 28.3. The Labute approximate surface area is 365 Å². The molecule has 2 heterocycles. The molecule has 1 N–H and O–H groups in total. The zero-order valence-corrected chi connectivity index (χ0v) is 40.3. The van der Waals surface area contributed by atoms with Crippen LogP contribution in [-0.2, 0) is 33.4 Å². The van der Waals surface area contributed by atoms with Crippen LogP contribution in [0, 0.1) is 5.41 Å². The first-order valence-corrected chi connectivity index (χ1v) is 24.9. The van der Waals surface area contributed by atoms with E-state index in [1.54, 1.807) is 27.7 Å². The molecule has 59 heavy (non-hydrogen) atoms. The van der Waals surface area contributed by atoms with Gasteiger partial charge in [-0.3, -0.25) is 4.79 Å². The second-order valence-corrected chi connectivity index (χ2v) is 17.8. The van der Waals surface area contributed by atoms with Gasteiger partial charge in [0, 0.05) is 45.1 Å². The molecule has 3 rings (SSSR count). The van der Waals surface area contributed by atoms with Gasteiger partial charge in [0.15, 0.2) is 5.79 Å². The number of amides is 1. The van der Waals surface area contributed by atoms with Gasteiger partial charge in [-0.05, 0) is 72.6 Å². The Kier molecular flexibility index (Phi) is 41.5.